The van der Waals surface area contributed by atoms with Crippen molar-refractivity contribution in [2.45, 2.75) is 59.0 Å². The molecule has 0 aliphatic carbocycles. The van der Waals surface area contributed by atoms with Crippen molar-refractivity contribution < 1.29 is 14.2 Å². The summed E-state index contributed by atoms with van der Waals surface area (Å²) in [4.78, 5) is 18.4. The summed E-state index contributed by atoms with van der Waals surface area (Å²) in [6.07, 6.45) is 2.19. The summed E-state index contributed by atoms with van der Waals surface area (Å²) in [6, 6.07) is 12.1. The van der Waals surface area contributed by atoms with Crippen molar-refractivity contribution >= 4 is 10.9 Å². The Hall–Kier alpha value is -3.76. The van der Waals surface area contributed by atoms with E-state index in [0.717, 1.165) is 64.4 Å². The number of ether oxygens (including phenoxy) is 3. The number of H-pyrrole nitrogens is 1. The molecule has 37 heavy (non-hydrogen) atoms. The molecule has 10 nitrogen and oxygen atoms in total. The molecular weight excluding hydrogens is 472 g/mol. The molecule has 6 rings (SSSR count). The van der Waals surface area contributed by atoms with Gasteiger partial charge in [-0.3, -0.25) is 9.69 Å². The molecule has 0 saturated carbocycles. The zero-order valence-corrected chi connectivity index (χ0v) is 21.1. The van der Waals surface area contributed by atoms with Crippen molar-refractivity contribution in [3.63, 3.8) is 0 Å². The Bertz CT molecular complexity index is 1490. The average molecular weight is 503 g/mol. The molecular formula is C27H30N6O4. The van der Waals surface area contributed by atoms with Crippen LogP contribution in [0.4, 0.5) is 0 Å². The van der Waals surface area contributed by atoms with Gasteiger partial charge in [-0.25, -0.2) is 4.68 Å². The lowest BCUT2D eigenvalue weighted by atomic mass is 10.0. The van der Waals surface area contributed by atoms with E-state index in [4.69, 9.17) is 14.2 Å². The van der Waals surface area contributed by atoms with E-state index in [9.17, 15) is 4.79 Å². The number of aryl methyl sites for hydroxylation is 2. The average Bonchev–Trinajstić information content (AvgIpc) is 3.66. The van der Waals surface area contributed by atoms with Crippen LogP contribution in [0, 0.1) is 13.8 Å². The standard InChI is InChI=1S/C27H30N6O4/c1-17-5-6-18(2)26-22(17)11-20(27(34)28-26)13-32(12-19-7-8-23-24(10-19)37-16-36-23)15-25-29-30-31-33(25)14-21-4-3-9-35-21/h5-8,10-11,21H,3-4,9,12-16H2,1-2H3,(H,28,34). The van der Waals surface area contributed by atoms with Crippen molar-refractivity contribution in [2.75, 3.05) is 13.4 Å². The normalized spacial score (nSPS) is 16.8. The molecule has 2 aromatic carbocycles. The Balaban J connectivity index is 1.31. The number of hydrogen-bond acceptors (Lipinski definition) is 8. The van der Waals surface area contributed by atoms with Crippen LogP contribution in [0.25, 0.3) is 10.9 Å². The fourth-order valence-corrected chi connectivity index (χ4v) is 5.10. The van der Waals surface area contributed by atoms with Crippen molar-refractivity contribution in [3.8, 4) is 11.5 Å². The number of fused-ring (bicyclic) bond motifs is 2. The minimum atomic E-state index is -0.0872. The summed E-state index contributed by atoms with van der Waals surface area (Å²) in [5.41, 5.74) is 4.72. The van der Waals surface area contributed by atoms with Gasteiger partial charge in [0.2, 0.25) is 6.79 Å². The molecule has 4 heterocycles. The van der Waals surface area contributed by atoms with Gasteiger partial charge in [-0.05, 0) is 72.0 Å². The van der Waals surface area contributed by atoms with Crippen LogP contribution in [0.3, 0.4) is 0 Å². The minimum absolute atomic E-state index is 0.0872. The van der Waals surface area contributed by atoms with Gasteiger partial charge in [0.15, 0.2) is 17.3 Å². The molecule has 1 N–H and O–H groups in total. The van der Waals surface area contributed by atoms with Crippen molar-refractivity contribution in [2.24, 2.45) is 0 Å². The third kappa shape index (κ3) is 4.94. The van der Waals surface area contributed by atoms with Crippen molar-refractivity contribution in [3.05, 3.63) is 74.8 Å². The van der Waals surface area contributed by atoms with Gasteiger partial charge in [0.25, 0.3) is 5.56 Å². The summed E-state index contributed by atoms with van der Waals surface area (Å²) >= 11 is 0. The molecule has 1 atom stereocenters. The predicted octanol–water partition coefficient (Wildman–Crippen LogP) is 3.24. The highest BCUT2D eigenvalue weighted by Gasteiger charge is 2.22. The molecule has 0 amide bonds. The topological polar surface area (TPSA) is 107 Å². The van der Waals surface area contributed by atoms with Crippen molar-refractivity contribution in [1.82, 2.24) is 30.1 Å². The Morgan fingerprint density at radius 2 is 1.92 bits per heavy atom. The highest BCUT2D eigenvalue weighted by Crippen LogP contribution is 2.33. The van der Waals surface area contributed by atoms with E-state index in [0.29, 0.717) is 31.7 Å². The fourth-order valence-electron chi connectivity index (χ4n) is 5.10. The smallest absolute Gasteiger partial charge is 0.252 e. The quantitative estimate of drug-likeness (QED) is 0.391. The lowest BCUT2D eigenvalue weighted by Crippen LogP contribution is -2.29. The largest absolute Gasteiger partial charge is 0.454 e. The molecule has 0 bridgehead atoms. The number of hydrogen-bond donors (Lipinski definition) is 1. The molecule has 0 spiro atoms. The first-order chi connectivity index (χ1) is 18.0. The van der Waals surface area contributed by atoms with E-state index >= 15 is 0 Å². The Labute approximate surface area is 214 Å². The lowest BCUT2D eigenvalue weighted by Gasteiger charge is -2.22. The zero-order valence-electron chi connectivity index (χ0n) is 21.1. The molecule has 2 aromatic heterocycles. The second kappa shape index (κ2) is 9.95. The molecule has 2 aliphatic heterocycles. The van der Waals surface area contributed by atoms with E-state index in [1.165, 1.54) is 0 Å². The fraction of sp³-hybridized carbons (Fsp3) is 0.407. The van der Waals surface area contributed by atoms with Crippen LogP contribution in [0.1, 0.15) is 40.9 Å². The lowest BCUT2D eigenvalue weighted by molar-refractivity contribution is 0.0914. The Morgan fingerprint density at radius 1 is 1.05 bits per heavy atom. The highest BCUT2D eigenvalue weighted by atomic mass is 16.7. The molecule has 1 fully saturated rings. The van der Waals surface area contributed by atoms with Gasteiger partial charge in [-0.1, -0.05) is 18.2 Å². The molecule has 1 unspecified atom stereocenters. The molecule has 4 aromatic rings. The number of tetrazole rings is 1. The van der Waals surface area contributed by atoms with Gasteiger partial charge in [0, 0.05) is 30.6 Å². The number of aromatic amines is 1. The van der Waals surface area contributed by atoms with Gasteiger partial charge in [0.1, 0.15) is 0 Å². The first-order valence-electron chi connectivity index (χ1n) is 12.6. The van der Waals surface area contributed by atoms with Crippen LogP contribution in [0.5, 0.6) is 11.5 Å². The monoisotopic (exact) mass is 502 g/mol. The third-order valence-electron chi connectivity index (χ3n) is 7.13. The van der Waals surface area contributed by atoms with Crippen LogP contribution in [-0.4, -0.2) is 49.6 Å². The second-order valence-electron chi connectivity index (χ2n) is 9.86. The summed E-state index contributed by atoms with van der Waals surface area (Å²) in [5.74, 6) is 2.21. The summed E-state index contributed by atoms with van der Waals surface area (Å²) in [7, 11) is 0. The maximum Gasteiger partial charge on any atom is 0.252 e. The third-order valence-corrected chi connectivity index (χ3v) is 7.13. The zero-order chi connectivity index (χ0) is 25.4. The van der Waals surface area contributed by atoms with Gasteiger partial charge in [-0.2, -0.15) is 0 Å². The Kier molecular flexibility index (Phi) is 6.35. The van der Waals surface area contributed by atoms with Crippen LogP contribution >= 0.6 is 0 Å². The summed E-state index contributed by atoms with van der Waals surface area (Å²) < 4.78 is 18.7. The second-order valence-corrected chi connectivity index (χ2v) is 9.86. The highest BCUT2D eigenvalue weighted by molar-refractivity contribution is 5.85. The Morgan fingerprint density at radius 3 is 2.78 bits per heavy atom. The molecule has 192 valence electrons. The SMILES string of the molecule is Cc1ccc(C)c2[nH]c(=O)c(CN(Cc3ccc4c(c3)OCO4)Cc3nnnn3CC3CCCO3)cc12. The van der Waals surface area contributed by atoms with Crippen LogP contribution < -0.4 is 15.0 Å². The van der Waals surface area contributed by atoms with E-state index < -0.39 is 0 Å². The molecule has 2 aliphatic rings. The van der Waals surface area contributed by atoms with Gasteiger partial charge in [-0.15, -0.1) is 5.10 Å². The van der Waals surface area contributed by atoms with Crippen LogP contribution in [0.15, 0.2) is 41.2 Å². The number of aromatic nitrogens is 5. The predicted molar refractivity (Wildman–Crippen MR) is 136 cm³/mol. The number of benzene rings is 2. The summed E-state index contributed by atoms with van der Waals surface area (Å²) in [5, 5.41) is 13.5. The number of nitrogens with zero attached hydrogens (tertiary/aromatic N) is 5. The number of pyridine rings is 1. The molecule has 10 heteroatoms. The first-order valence-corrected chi connectivity index (χ1v) is 12.6. The molecule has 1 saturated heterocycles. The number of nitrogens with one attached hydrogen (secondary N) is 1. The maximum absolute atomic E-state index is 13.2. The van der Waals surface area contributed by atoms with Gasteiger partial charge < -0.3 is 19.2 Å². The minimum Gasteiger partial charge on any atom is -0.454 e. The first kappa shape index (κ1) is 23.6. The van der Waals surface area contributed by atoms with E-state index in [2.05, 4.69) is 38.4 Å². The van der Waals surface area contributed by atoms with E-state index in [-0.39, 0.29) is 18.5 Å². The van der Waals surface area contributed by atoms with Crippen LogP contribution in [-0.2, 0) is 30.9 Å². The van der Waals surface area contributed by atoms with Crippen molar-refractivity contribution in [1.29, 1.82) is 0 Å². The summed E-state index contributed by atoms with van der Waals surface area (Å²) in [6.45, 7) is 7.18. The molecule has 0 radical (unpaired) electrons. The van der Waals surface area contributed by atoms with Crippen LogP contribution in [0.2, 0.25) is 0 Å². The van der Waals surface area contributed by atoms with Gasteiger partial charge >= 0.3 is 0 Å². The van der Waals surface area contributed by atoms with E-state index in [1.54, 1.807) is 0 Å². The van der Waals surface area contributed by atoms with E-state index in [1.807, 2.05) is 41.9 Å². The number of rotatable bonds is 8. The van der Waals surface area contributed by atoms with Gasteiger partial charge in [0.05, 0.1) is 24.7 Å². The maximum atomic E-state index is 13.2.